The summed E-state index contributed by atoms with van der Waals surface area (Å²) in [6, 6.07) is 5.52. The average molecular weight is 357 g/mol. The molecule has 0 fully saturated rings. The summed E-state index contributed by atoms with van der Waals surface area (Å²) in [7, 11) is 2.89. The number of nitrogens with one attached hydrogen (secondary N) is 2. The van der Waals surface area contributed by atoms with Crippen molar-refractivity contribution >= 4 is 34.7 Å². The molecule has 0 spiro atoms. The van der Waals surface area contributed by atoms with E-state index in [1.807, 2.05) is 25.1 Å². The fourth-order valence-electron chi connectivity index (χ4n) is 2.60. The standard InChI is InChI=1S/C17H19N5O4/c1-9-12-7-11(25-2)4-5-13(12)20-17(19-9)22-16-18-8-10(15(24)21-16)6-14(23)26-3/h4-5,7,10H,6,8H2,1-3H3,(H2,18,19,20,21,22,24)/t10-/m0/s1. The molecular formula is C17H19N5O4. The van der Waals surface area contributed by atoms with Crippen molar-refractivity contribution in [2.24, 2.45) is 10.9 Å². The van der Waals surface area contributed by atoms with E-state index in [9.17, 15) is 9.59 Å². The number of esters is 1. The van der Waals surface area contributed by atoms with Crippen LogP contribution >= 0.6 is 0 Å². The Morgan fingerprint density at radius 2 is 2.15 bits per heavy atom. The Labute approximate surface area is 149 Å². The number of carbonyl (C=O) groups excluding carboxylic acids is 2. The van der Waals surface area contributed by atoms with E-state index in [1.54, 1.807) is 7.11 Å². The zero-order chi connectivity index (χ0) is 18.7. The number of benzene rings is 1. The van der Waals surface area contributed by atoms with Gasteiger partial charge in [-0.3, -0.25) is 25.2 Å². The monoisotopic (exact) mass is 357 g/mol. The number of anilines is 1. The molecule has 1 aliphatic rings. The van der Waals surface area contributed by atoms with Gasteiger partial charge in [0, 0.05) is 5.39 Å². The minimum Gasteiger partial charge on any atom is -0.497 e. The molecule has 0 saturated heterocycles. The van der Waals surface area contributed by atoms with Crippen molar-refractivity contribution in [3.05, 3.63) is 23.9 Å². The molecular weight excluding hydrogens is 338 g/mol. The maximum atomic E-state index is 12.1. The van der Waals surface area contributed by atoms with E-state index >= 15 is 0 Å². The van der Waals surface area contributed by atoms with Gasteiger partial charge in [-0.25, -0.2) is 9.97 Å². The number of nitrogens with zero attached hydrogens (tertiary/aromatic N) is 3. The van der Waals surface area contributed by atoms with Crippen molar-refractivity contribution in [2.45, 2.75) is 13.3 Å². The van der Waals surface area contributed by atoms with Crippen LogP contribution in [0, 0.1) is 12.8 Å². The molecule has 1 amide bonds. The van der Waals surface area contributed by atoms with Crippen LogP contribution in [0.1, 0.15) is 12.1 Å². The second-order valence-corrected chi connectivity index (χ2v) is 5.80. The lowest BCUT2D eigenvalue weighted by Gasteiger charge is -2.21. The number of guanidine groups is 1. The second-order valence-electron chi connectivity index (χ2n) is 5.80. The van der Waals surface area contributed by atoms with E-state index in [0.717, 1.165) is 22.3 Å². The van der Waals surface area contributed by atoms with Crippen molar-refractivity contribution in [1.82, 2.24) is 15.3 Å². The van der Waals surface area contributed by atoms with Gasteiger partial charge in [0.15, 0.2) is 0 Å². The highest BCUT2D eigenvalue weighted by Gasteiger charge is 2.27. The van der Waals surface area contributed by atoms with Gasteiger partial charge in [0.2, 0.25) is 17.8 Å². The Hall–Kier alpha value is -3.23. The average Bonchev–Trinajstić information content (AvgIpc) is 2.63. The van der Waals surface area contributed by atoms with Crippen LogP contribution in [0.15, 0.2) is 23.2 Å². The van der Waals surface area contributed by atoms with Crippen LogP contribution in [-0.4, -0.2) is 48.6 Å². The van der Waals surface area contributed by atoms with E-state index in [-0.39, 0.29) is 24.8 Å². The van der Waals surface area contributed by atoms with Gasteiger partial charge in [0.05, 0.1) is 44.3 Å². The van der Waals surface area contributed by atoms with Crippen molar-refractivity contribution in [3.8, 4) is 5.75 Å². The summed E-state index contributed by atoms with van der Waals surface area (Å²) in [5.41, 5.74) is 1.51. The SMILES string of the molecule is COC(=O)C[C@H]1CN=C(Nc2nc(C)c3cc(OC)ccc3n2)NC1=O. The van der Waals surface area contributed by atoms with E-state index in [4.69, 9.17) is 4.74 Å². The summed E-state index contributed by atoms with van der Waals surface area (Å²) >= 11 is 0. The number of aryl methyl sites for hydroxylation is 1. The number of aromatic nitrogens is 2. The van der Waals surface area contributed by atoms with E-state index in [2.05, 4.69) is 30.3 Å². The Kier molecular flexibility index (Phi) is 4.97. The van der Waals surface area contributed by atoms with Gasteiger partial charge >= 0.3 is 5.97 Å². The Morgan fingerprint density at radius 1 is 1.35 bits per heavy atom. The first-order valence-electron chi connectivity index (χ1n) is 8.01. The highest BCUT2D eigenvalue weighted by molar-refractivity contribution is 6.06. The van der Waals surface area contributed by atoms with Crippen molar-refractivity contribution in [1.29, 1.82) is 0 Å². The predicted molar refractivity (Wildman–Crippen MR) is 95.0 cm³/mol. The summed E-state index contributed by atoms with van der Waals surface area (Å²) in [5.74, 6) is 0.0232. The highest BCUT2D eigenvalue weighted by Crippen LogP contribution is 2.22. The van der Waals surface area contributed by atoms with E-state index in [1.165, 1.54) is 7.11 Å². The quantitative estimate of drug-likeness (QED) is 0.785. The molecule has 9 nitrogen and oxygen atoms in total. The fourth-order valence-corrected chi connectivity index (χ4v) is 2.60. The van der Waals surface area contributed by atoms with Crippen LogP contribution in [0.25, 0.3) is 10.9 Å². The molecule has 0 radical (unpaired) electrons. The first-order valence-corrected chi connectivity index (χ1v) is 8.01. The minimum atomic E-state index is -0.542. The summed E-state index contributed by atoms with van der Waals surface area (Å²) in [5, 5.41) is 6.41. The third-order valence-electron chi connectivity index (χ3n) is 4.05. The third kappa shape index (κ3) is 3.71. The lowest BCUT2D eigenvalue weighted by molar-refractivity contribution is -0.143. The maximum Gasteiger partial charge on any atom is 0.306 e. The molecule has 26 heavy (non-hydrogen) atoms. The lowest BCUT2D eigenvalue weighted by atomic mass is 10.0. The predicted octanol–water partition coefficient (Wildman–Crippen LogP) is 1.02. The van der Waals surface area contributed by atoms with Gasteiger partial charge in [-0.2, -0.15) is 0 Å². The Morgan fingerprint density at radius 3 is 2.85 bits per heavy atom. The molecule has 1 aliphatic heterocycles. The normalized spacial score (nSPS) is 16.7. The minimum absolute atomic E-state index is 0.00741. The molecule has 9 heteroatoms. The molecule has 0 aliphatic carbocycles. The zero-order valence-corrected chi connectivity index (χ0v) is 14.7. The summed E-state index contributed by atoms with van der Waals surface area (Å²) in [6.45, 7) is 2.05. The molecule has 1 aromatic heterocycles. The molecule has 1 aromatic carbocycles. The second kappa shape index (κ2) is 7.34. The first-order chi connectivity index (χ1) is 12.5. The van der Waals surface area contributed by atoms with Crippen LogP contribution in [-0.2, 0) is 14.3 Å². The maximum absolute atomic E-state index is 12.1. The largest absolute Gasteiger partial charge is 0.497 e. The molecule has 2 aromatic rings. The molecule has 0 unspecified atom stereocenters. The zero-order valence-electron chi connectivity index (χ0n) is 14.7. The van der Waals surface area contributed by atoms with Crippen LogP contribution < -0.4 is 15.4 Å². The van der Waals surface area contributed by atoms with Crippen molar-refractivity contribution in [3.63, 3.8) is 0 Å². The van der Waals surface area contributed by atoms with Crippen LogP contribution in [0.5, 0.6) is 5.75 Å². The molecule has 1 atom stereocenters. The smallest absolute Gasteiger partial charge is 0.306 e. The number of ether oxygens (including phenoxy) is 2. The van der Waals surface area contributed by atoms with Gasteiger partial charge in [-0.05, 0) is 25.1 Å². The third-order valence-corrected chi connectivity index (χ3v) is 4.05. The van der Waals surface area contributed by atoms with Gasteiger partial charge in [0.25, 0.3) is 0 Å². The highest BCUT2D eigenvalue weighted by atomic mass is 16.5. The van der Waals surface area contributed by atoms with Gasteiger partial charge in [0.1, 0.15) is 5.75 Å². The number of amides is 1. The summed E-state index contributed by atoms with van der Waals surface area (Å²) in [6.07, 6.45) is -0.00741. The van der Waals surface area contributed by atoms with E-state index < -0.39 is 11.9 Å². The van der Waals surface area contributed by atoms with Gasteiger partial charge in [-0.1, -0.05) is 0 Å². The number of hydrogen-bond donors (Lipinski definition) is 2. The van der Waals surface area contributed by atoms with Crippen LogP contribution in [0.4, 0.5) is 5.95 Å². The summed E-state index contributed by atoms with van der Waals surface area (Å²) in [4.78, 5) is 36.5. The first kappa shape index (κ1) is 17.6. The summed E-state index contributed by atoms with van der Waals surface area (Å²) < 4.78 is 9.80. The van der Waals surface area contributed by atoms with Crippen molar-refractivity contribution < 1.29 is 19.1 Å². The molecule has 3 rings (SSSR count). The fraction of sp³-hybridized carbons (Fsp3) is 0.353. The van der Waals surface area contributed by atoms with Crippen LogP contribution in [0.2, 0.25) is 0 Å². The number of hydrogen-bond acceptors (Lipinski definition) is 8. The number of fused-ring (bicyclic) bond motifs is 1. The molecule has 2 N–H and O–H groups in total. The number of carbonyl (C=O) groups is 2. The topological polar surface area (TPSA) is 115 Å². The Bertz CT molecular complexity index is 896. The molecule has 136 valence electrons. The van der Waals surface area contributed by atoms with Gasteiger partial charge < -0.3 is 9.47 Å². The number of rotatable bonds is 4. The van der Waals surface area contributed by atoms with Gasteiger partial charge in [-0.15, -0.1) is 0 Å². The molecule has 0 saturated carbocycles. The van der Waals surface area contributed by atoms with E-state index in [0.29, 0.717) is 5.95 Å². The van der Waals surface area contributed by atoms with Crippen molar-refractivity contribution in [2.75, 3.05) is 26.1 Å². The number of methoxy groups -OCH3 is 2. The van der Waals surface area contributed by atoms with Crippen LogP contribution in [0.3, 0.4) is 0 Å². The number of aliphatic imine (C=N–C) groups is 1. The Balaban J connectivity index is 1.77. The lowest BCUT2D eigenvalue weighted by Crippen LogP contribution is -2.45. The molecule has 2 heterocycles. The molecule has 0 bridgehead atoms.